The van der Waals surface area contributed by atoms with E-state index >= 15 is 0 Å². The summed E-state index contributed by atoms with van der Waals surface area (Å²) < 4.78 is 48.1. The first-order chi connectivity index (χ1) is 8.78. The van der Waals surface area contributed by atoms with Gasteiger partial charge in [-0.2, -0.15) is 0 Å². The highest BCUT2D eigenvalue weighted by Gasteiger charge is 2.35. The van der Waals surface area contributed by atoms with Crippen molar-refractivity contribution in [2.45, 2.75) is 32.2 Å². The van der Waals surface area contributed by atoms with Crippen molar-refractivity contribution in [2.24, 2.45) is 0 Å². The van der Waals surface area contributed by atoms with Crippen molar-refractivity contribution < 1.29 is 16.8 Å². The molecule has 0 aromatic heterocycles. The molecule has 6 nitrogen and oxygen atoms in total. The van der Waals surface area contributed by atoms with E-state index in [1.54, 1.807) is 0 Å². The Balaban J connectivity index is 2.44. The molecule has 0 saturated carbocycles. The molecule has 1 saturated heterocycles. The minimum atomic E-state index is -3.35. The van der Waals surface area contributed by atoms with Gasteiger partial charge in [0, 0.05) is 13.1 Å². The molecule has 19 heavy (non-hydrogen) atoms. The van der Waals surface area contributed by atoms with Crippen molar-refractivity contribution in [2.75, 3.05) is 37.4 Å². The van der Waals surface area contributed by atoms with Gasteiger partial charge < -0.3 is 5.32 Å². The van der Waals surface area contributed by atoms with Gasteiger partial charge in [0.05, 0.1) is 17.3 Å². The van der Waals surface area contributed by atoms with Gasteiger partial charge in [-0.3, -0.25) is 0 Å². The second-order valence-corrected chi connectivity index (χ2v) is 9.37. The van der Waals surface area contributed by atoms with Crippen LogP contribution >= 0.6 is 0 Å². The van der Waals surface area contributed by atoms with E-state index < -0.39 is 25.9 Å². The Morgan fingerprint density at radius 1 is 1.32 bits per heavy atom. The largest absolute Gasteiger partial charge is 0.317 e. The number of hydrogen-bond donors (Lipinski definition) is 1. The maximum atomic E-state index is 12.1. The van der Waals surface area contributed by atoms with E-state index in [1.807, 2.05) is 0 Å². The van der Waals surface area contributed by atoms with Gasteiger partial charge in [0.15, 0.2) is 9.84 Å². The quantitative estimate of drug-likeness (QED) is 0.629. The fourth-order valence-electron chi connectivity index (χ4n) is 2.11. The topological polar surface area (TPSA) is 83.6 Å². The maximum Gasteiger partial charge on any atom is 0.214 e. The van der Waals surface area contributed by atoms with Crippen LogP contribution in [0.25, 0.3) is 0 Å². The first-order valence-electron chi connectivity index (χ1n) is 6.65. The molecule has 1 heterocycles. The van der Waals surface area contributed by atoms with Crippen LogP contribution < -0.4 is 5.32 Å². The van der Waals surface area contributed by atoms with Gasteiger partial charge in [0.2, 0.25) is 10.0 Å². The Morgan fingerprint density at radius 3 is 2.53 bits per heavy atom. The van der Waals surface area contributed by atoms with Crippen molar-refractivity contribution in [3.63, 3.8) is 0 Å². The lowest BCUT2D eigenvalue weighted by atomic mass is 10.3. The van der Waals surface area contributed by atoms with Crippen LogP contribution in [0.15, 0.2) is 0 Å². The molecule has 0 aromatic rings. The maximum absolute atomic E-state index is 12.1. The summed E-state index contributed by atoms with van der Waals surface area (Å²) in [5.41, 5.74) is 0. The molecule has 0 bridgehead atoms. The molecule has 1 unspecified atom stereocenters. The van der Waals surface area contributed by atoms with E-state index in [-0.39, 0.29) is 17.3 Å². The zero-order chi connectivity index (χ0) is 14.5. The first kappa shape index (κ1) is 16.9. The van der Waals surface area contributed by atoms with Gasteiger partial charge in [-0.25, -0.2) is 21.1 Å². The molecule has 1 aliphatic heterocycles. The van der Waals surface area contributed by atoms with Crippen molar-refractivity contribution in [3.8, 4) is 0 Å². The predicted molar refractivity (Wildman–Crippen MR) is 76.4 cm³/mol. The molecule has 0 aliphatic carbocycles. The summed E-state index contributed by atoms with van der Waals surface area (Å²) >= 11 is 0. The van der Waals surface area contributed by atoms with E-state index in [0.29, 0.717) is 19.4 Å². The minimum absolute atomic E-state index is 0.0448. The fraction of sp³-hybridized carbons (Fsp3) is 1.00. The van der Waals surface area contributed by atoms with Gasteiger partial charge in [-0.1, -0.05) is 6.92 Å². The summed E-state index contributed by atoms with van der Waals surface area (Å²) in [6.07, 6.45) is 1.98. The zero-order valence-electron chi connectivity index (χ0n) is 11.6. The predicted octanol–water partition coefficient (Wildman–Crippen LogP) is -0.175. The van der Waals surface area contributed by atoms with Crippen molar-refractivity contribution >= 4 is 19.9 Å². The fourth-order valence-corrected chi connectivity index (χ4v) is 5.41. The van der Waals surface area contributed by atoms with Crippen LogP contribution in [0, 0.1) is 0 Å². The second-order valence-electron chi connectivity index (χ2n) is 4.99. The van der Waals surface area contributed by atoms with E-state index in [1.165, 1.54) is 11.4 Å². The second kappa shape index (κ2) is 7.01. The lowest BCUT2D eigenvalue weighted by Gasteiger charge is -2.22. The van der Waals surface area contributed by atoms with E-state index in [2.05, 4.69) is 12.2 Å². The number of nitrogens with zero attached hydrogens (tertiary/aromatic N) is 1. The summed E-state index contributed by atoms with van der Waals surface area (Å²) in [7, 11) is -4.92. The van der Waals surface area contributed by atoms with Crippen LogP contribution in [0.5, 0.6) is 0 Å². The van der Waals surface area contributed by atoms with Crippen LogP contribution in [0.3, 0.4) is 0 Å². The van der Waals surface area contributed by atoms with Crippen LogP contribution in [-0.4, -0.2) is 64.6 Å². The number of sulfone groups is 1. The Labute approximate surface area is 116 Å². The highest BCUT2D eigenvalue weighted by Crippen LogP contribution is 2.19. The Kier molecular flexibility index (Phi) is 6.22. The van der Waals surface area contributed by atoms with Gasteiger partial charge >= 0.3 is 0 Å². The summed E-state index contributed by atoms with van der Waals surface area (Å²) in [4.78, 5) is 0. The number of nitrogens with one attached hydrogen (secondary N) is 1. The summed E-state index contributed by atoms with van der Waals surface area (Å²) in [5, 5.41) is 3.15. The van der Waals surface area contributed by atoms with Gasteiger partial charge in [0.1, 0.15) is 0 Å². The average Bonchev–Trinajstić information content (AvgIpc) is 2.68. The van der Waals surface area contributed by atoms with Crippen molar-refractivity contribution in [1.82, 2.24) is 9.62 Å². The standard InChI is InChI=1S/C11H24N2O4S2/c1-3-6-12-7-4-8-19(16,17)13(2)11-5-9-18(14,15)10-11/h11-12H,3-10H2,1-2H3. The summed E-state index contributed by atoms with van der Waals surface area (Å²) in [6.45, 7) is 3.61. The number of sulfonamides is 1. The van der Waals surface area contributed by atoms with Crippen molar-refractivity contribution in [3.05, 3.63) is 0 Å². The van der Waals surface area contributed by atoms with Crippen LogP contribution in [-0.2, 0) is 19.9 Å². The Bertz CT molecular complexity index is 473. The molecule has 0 radical (unpaired) electrons. The molecule has 0 aromatic carbocycles. The van der Waals surface area contributed by atoms with Crippen molar-refractivity contribution in [1.29, 1.82) is 0 Å². The van der Waals surface area contributed by atoms with E-state index in [9.17, 15) is 16.8 Å². The van der Waals surface area contributed by atoms with Crippen LogP contribution in [0.1, 0.15) is 26.2 Å². The molecule has 114 valence electrons. The third-order valence-electron chi connectivity index (χ3n) is 3.34. The molecular weight excluding hydrogens is 288 g/mol. The number of hydrogen-bond acceptors (Lipinski definition) is 5. The van der Waals surface area contributed by atoms with Gasteiger partial charge in [-0.05, 0) is 32.4 Å². The summed E-state index contributed by atoms with van der Waals surface area (Å²) in [6, 6.07) is -0.390. The molecule has 1 rings (SSSR count). The van der Waals surface area contributed by atoms with Crippen LogP contribution in [0.2, 0.25) is 0 Å². The van der Waals surface area contributed by atoms with Gasteiger partial charge in [-0.15, -0.1) is 0 Å². The average molecular weight is 312 g/mol. The molecule has 0 amide bonds. The molecule has 1 aliphatic rings. The highest BCUT2D eigenvalue weighted by atomic mass is 32.2. The summed E-state index contributed by atoms with van der Waals surface area (Å²) in [5.74, 6) is 0.114. The SMILES string of the molecule is CCCNCCCS(=O)(=O)N(C)C1CCS(=O)(=O)C1. The monoisotopic (exact) mass is 312 g/mol. The molecule has 1 N–H and O–H groups in total. The molecule has 0 spiro atoms. The Hall–Kier alpha value is -0.180. The zero-order valence-corrected chi connectivity index (χ0v) is 13.3. The number of rotatable bonds is 8. The Morgan fingerprint density at radius 2 is 2.00 bits per heavy atom. The smallest absolute Gasteiger partial charge is 0.214 e. The third kappa shape index (κ3) is 5.37. The third-order valence-corrected chi connectivity index (χ3v) is 7.07. The lowest BCUT2D eigenvalue weighted by Crippen LogP contribution is -2.39. The first-order valence-corrected chi connectivity index (χ1v) is 10.1. The molecule has 8 heteroatoms. The molecule has 1 fully saturated rings. The van der Waals surface area contributed by atoms with E-state index in [4.69, 9.17) is 0 Å². The lowest BCUT2D eigenvalue weighted by molar-refractivity contribution is 0.393. The van der Waals surface area contributed by atoms with Crippen LogP contribution in [0.4, 0.5) is 0 Å². The van der Waals surface area contributed by atoms with E-state index in [0.717, 1.165) is 13.0 Å². The molecule has 1 atom stereocenters. The van der Waals surface area contributed by atoms with Gasteiger partial charge in [0.25, 0.3) is 0 Å². The normalized spacial score (nSPS) is 23.0. The minimum Gasteiger partial charge on any atom is -0.317 e. The highest BCUT2D eigenvalue weighted by molar-refractivity contribution is 7.92. The molecular formula is C11H24N2O4S2.